The van der Waals surface area contributed by atoms with Gasteiger partial charge in [-0.15, -0.1) is 0 Å². The molecule has 1 aromatic heterocycles. The standard InChI is InChI=1S/C24H35N5.C2H4O/c1-6-18(2)9-12-26-24-15-21(8-7-19(24)3)20(4)28-13-10-23(11-14-28)29-17-22(25-5)16-27-29;1-2-3/h7-9,12,15-17,20,23,25H,6,10-11,13-14H2,1-5H3;2H,1H3/b18-9+,26-12?;. The van der Waals surface area contributed by atoms with Crippen LogP contribution in [0, 0.1) is 6.92 Å². The summed E-state index contributed by atoms with van der Waals surface area (Å²) < 4.78 is 2.12. The summed E-state index contributed by atoms with van der Waals surface area (Å²) in [6.07, 6.45) is 12.1. The molecule has 174 valence electrons. The van der Waals surface area contributed by atoms with Crippen LogP contribution in [0.25, 0.3) is 0 Å². The minimum atomic E-state index is 0.393. The number of aromatic nitrogens is 2. The summed E-state index contributed by atoms with van der Waals surface area (Å²) in [5, 5.41) is 7.68. The van der Waals surface area contributed by atoms with E-state index in [1.54, 1.807) is 0 Å². The number of nitrogens with one attached hydrogen (secondary N) is 1. The first-order valence-corrected chi connectivity index (χ1v) is 11.6. The van der Waals surface area contributed by atoms with Crippen molar-refractivity contribution in [2.24, 2.45) is 4.99 Å². The van der Waals surface area contributed by atoms with Crippen molar-refractivity contribution in [3.8, 4) is 0 Å². The second-order valence-corrected chi connectivity index (χ2v) is 8.33. The highest BCUT2D eigenvalue weighted by Gasteiger charge is 2.25. The number of hydrogen-bond acceptors (Lipinski definition) is 5. The molecule has 6 nitrogen and oxygen atoms in total. The maximum Gasteiger partial charge on any atom is 0.116 e. The van der Waals surface area contributed by atoms with Crippen LogP contribution in [0.4, 0.5) is 11.4 Å². The molecule has 0 spiro atoms. The van der Waals surface area contributed by atoms with Gasteiger partial charge < -0.3 is 10.1 Å². The molecular weight excluding hydrogens is 398 g/mol. The Labute approximate surface area is 193 Å². The number of rotatable bonds is 7. The summed E-state index contributed by atoms with van der Waals surface area (Å²) in [5.41, 5.74) is 6.06. The third-order valence-corrected chi connectivity index (χ3v) is 6.16. The van der Waals surface area contributed by atoms with Crippen molar-refractivity contribution < 1.29 is 4.79 Å². The zero-order valence-electron chi connectivity index (χ0n) is 20.5. The summed E-state index contributed by atoms with van der Waals surface area (Å²) in [6.45, 7) is 12.4. The van der Waals surface area contributed by atoms with Crippen LogP contribution in [0.2, 0.25) is 0 Å². The third kappa shape index (κ3) is 7.16. The molecule has 1 unspecified atom stereocenters. The third-order valence-electron chi connectivity index (χ3n) is 6.16. The number of carbonyl (C=O) groups excluding carboxylic acids is 1. The lowest BCUT2D eigenvalue weighted by Crippen LogP contribution is -2.36. The monoisotopic (exact) mass is 437 g/mol. The van der Waals surface area contributed by atoms with Crippen LogP contribution in [0.3, 0.4) is 0 Å². The number of piperidine rings is 1. The van der Waals surface area contributed by atoms with Gasteiger partial charge in [-0.2, -0.15) is 5.10 Å². The Morgan fingerprint density at radius 2 is 2.03 bits per heavy atom. The van der Waals surface area contributed by atoms with Gasteiger partial charge in [0.25, 0.3) is 0 Å². The highest BCUT2D eigenvalue weighted by Crippen LogP contribution is 2.31. The SMILES string of the molecule is CC/C(C)=C/C=Nc1cc(C(C)N2CCC(n3cc(NC)cn3)CC2)ccc1C.CC=O. The number of nitrogens with zero attached hydrogens (tertiary/aromatic N) is 4. The van der Waals surface area contributed by atoms with Crippen LogP contribution in [0.15, 0.2) is 47.2 Å². The van der Waals surface area contributed by atoms with E-state index < -0.39 is 0 Å². The maximum atomic E-state index is 8.81. The fraction of sp³-hybridized carbons (Fsp3) is 0.500. The molecule has 1 saturated heterocycles. The van der Waals surface area contributed by atoms with Gasteiger partial charge in [0, 0.05) is 38.6 Å². The fourth-order valence-corrected chi connectivity index (χ4v) is 3.80. The highest BCUT2D eigenvalue weighted by molar-refractivity contribution is 5.76. The zero-order valence-corrected chi connectivity index (χ0v) is 20.5. The lowest BCUT2D eigenvalue weighted by molar-refractivity contribution is -0.106. The van der Waals surface area contributed by atoms with Crippen molar-refractivity contribution in [1.29, 1.82) is 0 Å². The summed E-state index contributed by atoms with van der Waals surface area (Å²) in [5.74, 6) is 0. The van der Waals surface area contributed by atoms with Crippen molar-refractivity contribution in [2.45, 2.75) is 66.0 Å². The van der Waals surface area contributed by atoms with Gasteiger partial charge in [0.05, 0.1) is 23.6 Å². The summed E-state index contributed by atoms with van der Waals surface area (Å²) >= 11 is 0. The molecule has 1 fully saturated rings. The average Bonchev–Trinajstić information content (AvgIpc) is 3.30. The molecule has 1 aliphatic rings. The number of aldehydes is 1. The number of aliphatic imine (C=N–C) groups is 1. The lowest BCUT2D eigenvalue weighted by Gasteiger charge is -2.36. The molecule has 0 amide bonds. The van der Waals surface area contributed by atoms with E-state index in [0.29, 0.717) is 12.1 Å². The minimum absolute atomic E-state index is 0.393. The van der Waals surface area contributed by atoms with Crippen LogP contribution in [0.5, 0.6) is 0 Å². The van der Waals surface area contributed by atoms with Crippen LogP contribution in [-0.2, 0) is 4.79 Å². The van der Waals surface area contributed by atoms with Crippen molar-refractivity contribution >= 4 is 23.9 Å². The molecule has 1 aromatic carbocycles. The molecule has 3 rings (SSSR count). The van der Waals surface area contributed by atoms with Crippen molar-refractivity contribution in [3.63, 3.8) is 0 Å². The number of hydrogen-bond donors (Lipinski definition) is 1. The van der Waals surface area contributed by atoms with Gasteiger partial charge in [-0.25, -0.2) is 0 Å². The first-order valence-electron chi connectivity index (χ1n) is 11.6. The van der Waals surface area contributed by atoms with Crippen LogP contribution in [-0.4, -0.2) is 47.3 Å². The van der Waals surface area contributed by atoms with Gasteiger partial charge in [-0.3, -0.25) is 14.6 Å². The van der Waals surface area contributed by atoms with Gasteiger partial charge in [0.15, 0.2) is 0 Å². The van der Waals surface area contributed by atoms with Crippen molar-refractivity contribution in [3.05, 3.63) is 53.4 Å². The fourth-order valence-electron chi connectivity index (χ4n) is 3.80. The molecule has 6 heteroatoms. The first kappa shape index (κ1) is 25.5. The normalized spacial score (nSPS) is 16.5. The molecule has 2 heterocycles. The number of likely N-dealkylation sites (tertiary alicyclic amines) is 1. The van der Waals surface area contributed by atoms with Crippen molar-refractivity contribution in [2.75, 3.05) is 25.5 Å². The van der Waals surface area contributed by atoms with E-state index in [0.717, 1.165) is 50.0 Å². The predicted octanol–water partition coefficient (Wildman–Crippen LogP) is 5.90. The minimum Gasteiger partial charge on any atom is -0.386 e. The summed E-state index contributed by atoms with van der Waals surface area (Å²) in [7, 11) is 1.94. The quantitative estimate of drug-likeness (QED) is 0.433. The summed E-state index contributed by atoms with van der Waals surface area (Å²) in [6, 6.07) is 7.59. The van der Waals surface area contributed by atoms with Crippen LogP contribution in [0.1, 0.15) is 70.2 Å². The number of aryl methyl sites for hydroxylation is 1. The topological polar surface area (TPSA) is 62.5 Å². The zero-order chi connectivity index (χ0) is 23.5. The highest BCUT2D eigenvalue weighted by atomic mass is 16.1. The van der Waals surface area contributed by atoms with E-state index in [-0.39, 0.29) is 0 Å². The lowest BCUT2D eigenvalue weighted by atomic mass is 9.99. The van der Waals surface area contributed by atoms with E-state index >= 15 is 0 Å². The van der Waals surface area contributed by atoms with E-state index in [2.05, 4.69) is 78.2 Å². The number of allylic oxidation sites excluding steroid dienone is 2. The Bertz CT molecular complexity index is 907. The molecule has 0 bridgehead atoms. The molecule has 32 heavy (non-hydrogen) atoms. The van der Waals surface area contributed by atoms with Gasteiger partial charge in [-0.05, 0) is 70.2 Å². The Morgan fingerprint density at radius 1 is 1.34 bits per heavy atom. The number of anilines is 1. The Hall–Kier alpha value is -2.73. The Balaban J connectivity index is 0.00000114. The van der Waals surface area contributed by atoms with E-state index in [4.69, 9.17) is 9.79 Å². The molecule has 1 atom stereocenters. The Morgan fingerprint density at radius 3 is 2.62 bits per heavy atom. The predicted molar refractivity (Wildman–Crippen MR) is 135 cm³/mol. The largest absolute Gasteiger partial charge is 0.386 e. The number of carbonyl (C=O) groups is 1. The van der Waals surface area contributed by atoms with E-state index in [1.165, 1.54) is 23.6 Å². The van der Waals surface area contributed by atoms with Crippen LogP contribution >= 0.6 is 0 Å². The summed E-state index contributed by atoms with van der Waals surface area (Å²) in [4.78, 5) is 16.1. The van der Waals surface area contributed by atoms with Crippen molar-refractivity contribution in [1.82, 2.24) is 14.7 Å². The number of benzene rings is 1. The smallest absolute Gasteiger partial charge is 0.116 e. The average molecular weight is 438 g/mol. The second-order valence-electron chi connectivity index (χ2n) is 8.33. The van der Waals surface area contributed by atoms with E-state index in [1.807, 2.05) is 19.5 Å². The molecule has 0 aliphatic carbocycles. The van der Waals surface area contributed by atoms with Gasteiger partial charge in [0.2, 0.25) is 0 Å². The van der Waals surface area contributed by atoms with Gasteiger partial charge in [0.1, 0.15) is 6.29 Å². The van der Waals surface area contributed by atoms with Gasteiger partial charge >= 0.3 is 0 Å². The molecule has 1 aliphatic heterocycles. The molecule has 0 saturated carbocycles. The molecular formula is C26H39N5O. The Kier molecular flexibility index (Phi) is 10.3. The molecule has 2 aromatic rings. The molecule has 0 radical (unpaired) electrons. The second kappa shape index (κ2) is 13.0. The van der Waals surface area contributed by atoms with Crippen LogP contribution < -0.4 is 5.32 Å². The molecule has 1 N–H and O–H groups in total. The first-order chi connectivity index (χ1) is 15.4. The maximum absolute atomic E-state index is 8.81. The van der Waals surface area contributed by atoms with Gasteiger partial charge in [-0.1, -0.05) is 24.6 Å². The van der Waals surface area contributed by atoms with E-state index in [9.17, 15) is 0 Å².